The van der Waals surface area contributed by atoms with E-state index in [9.17, 15) is 19.5 Å². The molecule has 0 bridgehead atoms. The van der Waals surface area contributed by atoms with Gasteiger partial charge in [0.05, 0.1) is 12.3 Å². The quantitative estimate of drug-likeness (QED) is 0.233. The van der Waals surface area contributed by atoms with E-state index in [4.69, 9.17) is 0 Å². The lowest BCUT2D eigenvalue weighted by Gasteiger charge is -2.30. The average Bonchev–Trinajstić information content (AvgIpc) is 3.34. The van der Waals surface area contributed by atoms with E-state index in [-0.39, 0.29) is 11.7 Å². The first-order valence-electron chi connectivity index (χ1n) is 13.7. The van der Waals surface area contributed by atoms with Crippen molar-refractivity contribution in [1.29, 1.82) is 0 Å². The molecule has 0 saturated carbocycles. The van der Waals surface area contributed by atoms with Gasteiger partial charge in [0.15, 0.2) is 5.82 Å². The van der Waals surface area contributed by atoms with Gasteiger partial charge < -0.3 is 24.9 Å². The molecule has 3 aromatic rings. The van der Waals surface area contributed by atoms with Crippen LogP contribution in [0.2, 0.25) is 0 Å². The maximum atomic E-state index is 13.6. The van der Waals surface area contributed by atoms with E-state index < -0.39 is 18.1 Å². The molecule has 4 heterocycles. The number of nitrogens with one attached hydrogen (secondary N) is 2. The van der Waals surface area contributed by atoms with Crippen LogP contribution in [-0.2, 0) is 31.4 Å². The van der Waals surface area contributed by atoms with Crippen LogP contribution in [0.1, 0.15) is 34.2 Å². The Bertz CT molecular complexity index is 1740. The Balaban J connectivity index is 1.75. The number of carbonyl (C=O) groups excluding carboxylic acids is 2. The fraction of sp³-hybridized carbons (Fsp3) is 0.219. The van der Waals surface area contributed by atoms with Crippen LogP contribution in [0.15, 0.2) is 90.8 Å². The number of anilines is 2. The van der Waals surface area contributed by atoms with Gasteiger partial charge in [0.1, 0.15) is 11.5 Å². The first-order valence-corrected chi connectivity index (χ1v) is 13.7. The number of hydrogen-bond donors (Lipinski definition) is 3. The number of aryl methyl sites for hydroxylation is 2. The molecule has 4 rings (SSSR count). The zero-order valence-electron chi connectivity index (χ0n) is 24.6. The Morgan fingerprint density at radius 2 is 1.93 bits per heavy atom. The Labute approximate surface area is 249 Å². The van der Waals surface area contributed by atoms with E-state index in [1.807, 2.05) is 17.6 Å². The van der Waals surface area contributed by atoms with Crippen LogP contribution in [0.4, 0.5) is 11.6 Å². The molecule has 0 unspecified atom stereocenters. The number of allylic oxidation sites excluding steroid dienone is 4. The largest absolute Gasteiger partial charge is 0.392 e. The van der Waals surface area contributed by atoms with Gasteiger partial charge in [-0.15, -0.1) is 0 Å². The summed E-state index contributed by atoms with van der Waals surface area (Å²) in [5, 5.41) is 16.1. The van der Waals surface area contributed by atoms with E-state index >= 15 is 0 Å². The molecule has 3 N–H and O–H groups in total. The molecule has 0 atom stereocenters. The minimum absolute atomic E-state index is 0.0177. The molecule has 43 heavy (non-hydrogen) atoms. The molecule has 0 aromatic carbocycles. The molecule has 1 aliphatic heterocycles. The molecule has 0 aliphatic carbocycles. The monoisotopic (exact) mass is 581 g/mol. The third kappa shape index (κ3) is 6.16. The van der Waals surface area contributed by atoms with Crippen LogP contribution in [0, 0.1) is 6.92 Å². The molecule has 3 aromatic heterocycles. The van der Waals surface area contributed by atoms with Crippen LogP contribution in [0.25, 0.3) is 11.3 Å². The van der Waals surface area contributed by atoms with E-state index in [1.54, 1.807) is 42.6 Å². The van der Waals surface area contributed by atoms with Crippen molar-refractivity contribution in [2.75, 3.05) is 16.8 Å². The molecule has 0 spiro atoms. The molecule has 0 fully saturated rings. The van der Waals surface area contributed by atoms with Crippen molar-refractivity contribution in [2.24, 2.45) is 7.05 Å². The molecule has 222 valence electrons. The third-order valence-corrected chi connectivity index (χ3v) is 7.20. The molecular formula is C32H35N7O4. The summed E-state index contributed by atoms with van der Waals surface area (Å²) in [6, 6.07) is 3.60. The number of nitrogens with zero attached hydrogens (tertiary/aromatic N) is 5. The maximum absolute atomic E-state index is 13.6. The van der Waals surface area contributed by atoms with Gasteiger partial charge in [-0.25, -0.2) is 9.97 Å². The van der Waals surface area contributed by atoms with Gasteiger partial charge in [0.25, 0.3) is 11.5 Å². The second kappa shape index (κ2) is 13.1. The smallest absolute Gasteiger partial charge is 0.293 e. The Morgan fingerprint density at radius 3 is 2.58 bits per heavy atom. The van der Waals surface area contributed by atoms with Gasteiger partial charge >= 0.3 is 0 Å². The standard InChI is InChI=1S/C32H35N7O4/c1-7-11-23(34-28(41)10-4)17-22(9-3)35-29-32(43)37(6)18-26(36-29)24-12-13-33-30(25(24)19-40)39-15-14-38-20(5)21(8-2)16-27(38)31(39)42/h7,9-13,16-18,40H,1,3-4,8,14-15,19H2,2,5-6H3,(H,34,41)(H,35,36)/b22-17+,23-11+. The highest BCUT2D eigenvalue weighted by Gasteiger charge is 2.31. The summed E-state index contributed by atoms with van der Waals surface area (Å²) in [5.41, 5.74) is 4.41. The SMILES string of the molecule is C=C/C=C(\C=C(/C=C)Nc1nc(-c2ccnc(N3CCn4c(cc(CC)c4C)C3=O)c2CO)cn(C)c1=O)NC(=O)C=C. The fourth-order valence-corrected chi connectivity index (χ4v) is 4.99. The number of rotatable bonds is 11. The van der Waals surface area contributed by atoms with Crippen molar-refractivity contribution >= 4 is 23.5 Å². The summed E-state index contributed by atoms with van der Waals surface area (Å²) in [6.45, 7) is 15.6. The number of hydrogen-bond acceptors (Lipinski definition) is 7. The molecule has 0 saturated heterocycles. The Hall–Kier alpha value is -5.29. The van der Waals surface area contributed by atoms with Gasteiger partial charge in [-0.05, 0) is 55.3 Å². The van der Waals surface area contributed by atoms with Crippen molar-refractivity contribution in [3.05, 3.63) is 119 Å². The molecule has 11 nitrogen and oxygen atoms in total. The lowest BCUT2D eigenvalue weighted by molar-refractivity contribution is -0.115. The summed E-state index contributed by atoms with van der Waals surface area (Å²) in [5.74, 6) is -0.301. The topological polar surface area (TPSA) is 134 Å². The highest BCUT2D eigenvalue weighted by molar-refractivity contribution is 6.06. The highest BCUT2D eigenvalue weighted by atomic mass is 16.3. The minimum Gasteiger partial charge on any atom is -0.392 e. The number of carbonyl (C=O) groups is 2. The summed E-state index contributed by atoms with van der Waals surface area (Å²) in [7, 11) is 1.58. The van der Waals surface area contributed by atoms with Crippen molar-refractivity contribution in [3.8, 4) is 11.3 Å². The first-order chi connectivity index (χ1) is 20.7. The normalized spacial score (nSPS) is 13.4. The van der Waals surface area contributed by atoms with Gasteiger partial charge in [0.2, 0.25) is 5.91 Å². The summed E-state index contributed by atoms with van der Waals surface area (Å²) in [4.78, 5) is 49.1. The van der Waals surface area contributed by atoms with Crippen LogP contribution in [0.3, 0.4) is 0 Å². The summed E-state index contributed by atoms with van der Waals surface area (Å²) in [6.07, 6.45) is 11.2. The number of aromatic nitrogens is 4. The van der Waals surface area contributed by atoms with Crippen LogP contribution in [0.5, 0.6) is 0 Å². The predicted octanol–water partition coefficient (Wildman–Crippen LogP) is 3.52. The minimum atomic E-state index is -0.422. The number of aliphatic hydroxyl groups is 1. The number of pyridine rings is 1. The first kappa shape index (κ1) is 30.7. The number of amides is 2. The van der Waals surface area contributed by atoms with Crippen LogP contribution < -0.4 is 21.1 Å². The molecule has 1 aliphatic rings. The van der Waals surface area contributed by atoms with Crippen molar-refractivity contribution in [3.63, 3.8) is 0 Å². The number of fused-ring (bicyclic) bond motifs is 1. The van der Waals surface area contributed by atoms with E-state index in [1.165, 1.54) is 16.7 Å². The summed E-state index contributed by atoms with van der Waals surface area (Å²) >= 11 is 0. The number of aliphatic hydroxyl groups excluding tert-OH is 1. The van der Waals surface area contributed by atoms with Crippen LogP contribution in [-0.4, -0.2) is 42.6 Å². The molecular weight excluding hydrogens is 546 g/mol. The van der Waals surface area contributed by atoms with E-state index in [0.717, 1.165) is 23.8 Å². The zero-order valence-corrected chi connectivity index (χ0v) is 24.6. The lowest BCUT2D eigenvalue weighted by Crippen LogP contribution is -2.41. The maximum Gasteiger partial charge on any atom is 0.293 e. The van der Waals surface area contributed by atoms with Gasteiger partial charge in [-0.2, -0.15) is 0 Å². The van der Waals surface area contributed by atoms with Crippen molar-refractivity contribution in [1.82, 2.24) is 24.4 Å². The van der Waals surface area contributed by atoms with Crippen molar-refractivity contribution in [2.45, 2.75) is 33.4 Å². The van der Waals surface area contributed by atoms with Gasteiger partial charge in [-0.1, -0.05) is 32.7 Å². The summed E-state index contributed by atoms with van der Waals surface area (Å²) < 4.78 is 3.39. The zero-order chi connectivity index (χ0) is 31.3. The Kier molecular flexibility index (Phi) is 9.36. The molecule has 11 heteroatoms. The Morgan fingerprint density at radius 1 is 1.16 bits per heavy atom. The lowest BCUT2D eigenvalue weighted by atomic mass is 10.1. The van der Waals surface area contributed by atoms with Crippen molar-refractivity contribution < 1.29 is 14.7 Å². The van der Waals surface area contributed by atoms with E-state index in [0.29, 0.717) is 52.8 Å². The second-order valence-corrected chi connectivity index (χ2v) is 9.79. The predicted molar refractivity (Wildman–Crippen MR) is 167 cm³/mol. The van der Waals surface area contributed by atoms with E-state index in [2.05, 4.69) is 47.3 Å². The average molecular weight is 582 g/mol. The highest BCUT2D eigenvalue weighted by Crippen LogP contribution is 2.32. The van der Waals surface area contributed by atoms with Gasteiger partial charge in [0, 0.05) is 60.7 Å². The third-order valence-electron chi connectivity index (χ3n) is 7.20. The van der Waals surface area contributed by atoms with Crippen LogP contribution >= 0.6 is 0 Å². The molecule has 2 amide bonds. The fourth-order valence-electron chi connectivity index (χ4n) is 4.99. The van der Waals surface area contributed by atoms with Gasteiger partial charge in [-0.3, -0.25) is 19.3 Å². The molecule has 0 radical (unpaired) electrons. The second-order valence-electron chi connectivity index (χ2n) is 9.79.